The lowest BCUT2D eigenvalue weighted by molar-refractivity contribution is 0.0987. The highest BCUT2D eigenvalue weighted by atomic mass is 32.2. The molecule has 0 radical (unpaired) electrons. The lowest BCUT2D eigenvalue weighted by atomic mass is 10.2. The summed E-state index contributed by atoms with van der Waals surface area (Å²) in [5.41, 5.74) is 1.99. The summed E-state index contributed by atoms with van der Waals surface area (Å²) in [5, 5.41) is 23.9. The number of fused-ring (bicyclic) bond motifs is 2. The number of nitriles is 2. The number of carbonyl (C=O) groups is 1. The van der Waals surface area contributed by atoms with Gasteiger partial charge in [0, 0.05) is 31.5 Å². The van der Waals surface area contributed by atoms with Gasteiger partial charge in [0.1, 0.15) is 11.8 Å². The summed E-state index contributed by atoms with van der Waals surface area (Å²) in [6.07, 6.45) is 2.42. The molecule has 2 aromatic heterocycles. The van der Waals surface area contributed by atoms with Crippen molar-refractivity contribution in [1.29, 1.82) is 10.5 Å². The minimum Gasteiger partial charge on any atom is -0.463 e. The van der Waals surface area contributed by atoms with Crippen LogP contribution in [0.15, 0.2) is 92.2 Å². The van der Waals surface area contributed by atoms with Crippen molar-refractivity contribution in [3.8, 4) is 12.1 Å². The molecule has 44 heavy (non-hydrogen) atoms. The molecule has 1 amide bonds. The van der Waals surface area contributed by atoms with Crippen molar-refractivity contribution in [2.24, 2.45) is 5.10 Å². The highest BCUT2D eigenvalue weighted by Crippen LogP contribution is 2.31. The van der Waals surface area contributed by atoms with Gasteiger partial charge in [-0.3, -0.25) is 9.59 Å². The Hall–Kier alpha value is -5.21. The standard InChI is InChI=1S/C31H24N6O5S2/c1-21-8-13-26-28(18-21)43-31(35-26)37(34-19-23-20-42-27-7-3-2-6-25(27)29(23)38)30(39)22-9-11-24(12-10-22)44(40,41)36(16-4-14-32)17-5-15-33/h2-3,6-13,18-20H,4-5,16-17H2,1H3/b34-19+. The average Bonchev–Trinajstić information content (AvgIpc) is 3.45. The molecular weight excluding hydrogens is 601 g/mol. The van der Waals surface area contributed by atoms with Crippen molar-refractivity contribution in [2.75, 3.05) is 18.1 Å². The van der Waals surface area contributed by atoms with Gasteiger partial charge in [-0.25, -0.2) is 13.4 Å². The first-order chi connectivity index (χ1) is 21.2. The molecule has 5 aromatic rings. The number of aryl methyl sites for hydroxylation is 1. The number of benzene rings is 3. The summed E-state index contributed by atoms with van der Waals surface area (Å²) < 4.78 is 33.9. The number of nitrogens with zero attached hydrogens (tertiary/aromatic N) is 6. The fourth-order valence-corrected chi connectivity index (χ4v) is 6.81. The smallest absolute Gasteiger partial charge is 0.280 e. The highest BCUT2D eigenvalue weighted by molar-refractivity contribution is 7.89. The van der Waals surface area contributed by atoms with Gasteiger partial charge in [0.05, 0.1) is 44.4 Å². The maximum absolute atomic E-state index is 13.8. The molecule has 11 nitrogen and oxygen atoms in total. The number of amides is 1. The molecule has 0 unspecified atom stereocenters. The van der Waals surface area contributed by atoms with Crippen LogP contribution in [0.25, 0.3) is 21.2 Å². The Morgan fingerprint density at radius 3 is 2.45 bits per heavy atom. The first-order valence-corrected chi connectivity index (χ1v) is 15.6. The number of thiazole rings is 1. The van der Waals surface area contributed by atoms with E-state index in [1.807, 2.05) is 37.3 Å². The lowest BCUT2D eigenvalue weighted by Crippen LogP contribution is -2.33. The molecule has 2 heterocycles. The predicted molar refractivity (Wildman–Crippen MR) is 167 cm³/mol. The Kier molecular flexibility index (Phi) is 8.92. The van der Waals surface area contributed by atoms with Gasteiger partial charge in [0.2, 0.25) is 20.6 Å². The first kappa shape index (κ1) is 30.3. The van der Waals surface area contributed by atoms with Gasteiger partial charge in [-0.1, -0.05) is 29.5 Å². The predicted octanol–water partition coefficient (Wildman–Crippen LogP) is 5.21. The monoisotopic (exact) mass is 624 g/mol. The minimum atomic E-state index is -4.03. The summed E-state index contributed by atoms with van der Waals surface area (Å²) in [4.78, 5) is 31.4. The second-order valence-corrected chi connectivity index (χ2v) is 12.5. The van der Waals surface area contributed by atoms with Crippen LogP contribution in [0.1, 0.15) is 34.3 Å². The lowest BCUT2D eigenvalue weighted by Gasteiger charge is -2.20. The van der Waals surface area contributed by atoms with Crippen LogP contribution in [0.2, 0.25) is 0 Å². The molecule has 0 saturated heterocycles. The number of rotatable bonds is 10. The van der Waals surface area contributed by atoms with E-state index in [1.54, 1.807) is 24.3 Å². The van der Waals surface area contributed by atoms with Crippen molar-refractivity contribution in [3.63, 3.8) is 0 Å². The Labute approximate surface area is 256 Å². The maximum Gasteiger partial charge on any atom is 0.280 e. The Bertz CT molecular complexity index is 2120. The van der Waals surface area contributed by atoms with Crippen LogP contribution in [-0.4, -0.2) is 42.9 Å². The van der Waals surface area contributed by atoms with Crippen molar-refractivity contribution in [1.82, 2.24) is 9.29 Å². The number of anilines is 1. The molecule has 0 fully saturated rings. The minimum absolute atomic E-state index is 0.0363. The first-order valence-electron chi connectivity index (χ1n) is 13.3. The van der Waals surface area contributed by atoms with E-state index in [0.29, 0.717) is 16.5 Å². The molecule has 3 aromatic carbocycles. The average molecular weight is 625 g/mol. The summed E-state index contributed by atoms with van der Waals surface area (Å²) >= 11 is 1.23. The zero-order valence-electron chi connectivity index (χ0n) is 23.4. The molecule has 0 aliphatic carbocycles. The maximum atomic E-state index is 13.8. The van der Waals surface area contributed by atoms with E-state index >= 15 is 0 Å². The molecule has 0 aliphatic heterocycles. The van der Waals surface area contributed by atoms with Crippen molar-refractivity contribution >= 4 is 59.8 Å². The van der Waals surface area contributed by atoms with Gasteiger partial charge in [-0.15, -0.1) is 0 Å². The Balaban J connectivity index is 1.51. The number of hydrazone groups is 1. The van der Waals surface area contributed by atoms with Crippen molar-refractivity contribution in [2.45, 2.75) is 24.7 Å². The molecule has 0 spiro atoms. The third kappa shape index (κ3) is 6.26. The van der Waals surface area contributed by atoms with Gasteiger partial charge < -0.3 is 4.42 Å². The number of para-hydroxylation sites is 1. The van der Waals surface area contributed by atoms with Gasteiger partial charge in [-0.05, 0) is 61.0 Å². The molecule has 5 rings (SSSR count). The Morgan fingerprint density at radius 2 is 1.75 bits per heavy atom. The van der Waals surface area contributed by atoms with E-state index in [0.717, 1.165) is 19.6 Å². The third-order valence-corrected chi connectivity index (χ3v) is 9.52. The van der Waals surface area contributed by atoms with E-state index in [-0.39, 0.29) is 52.5 Å². The summed E-state index contributed by atoms with van der Waals surface area (Å²) in [6, 6.07) is 21.6. The number of hydrogen-bond acceptors (Lipinski definition) is 10. The van der Waals surface area contributed by atoms with Crippen LogP contribution in [0.4, 0.5) is 5.13 Å². The quantitative estimate of drug-likeness (QED) is 0.151. The molecule has 0 saturated carbocycles. The van der Waals surface area contributed by atoms with Crippen molar-refractivity contribution < 1.29 is 17.6 Å². The van der Waals surface area contributed by atoms with E-state index in [2.05, 4.69) is 10.1 Å². The van der Waals surface area contributed by atoms with Crippen molar-refractivity contribution in [3.05, 3.63) is 99.9 Å². The van der Waals surface area contributed by atoms with Gasteiger partial charge in [0.25, 0.3) is 5.91 Å². The zero-order chi connectivity index (χ0) is 31.3. The molecule has 220 valence electrons. The highest BCUT2D eigenvalue weighted by Gasteiger charge is 2.26. The largest absolute Gasteiger partial charge is 0.463 e. The SMILES string of the molecule is Cc1ccc2nc(N(/N=C/c3coc4ccccc4c3=O)C(=O)c3ccc(S(=O)(=O)N(CCC#N)CCC#N)cc3)sc2c1. The fourth-order valence-electron chi connectivity index (χ4n) is 4.34. The fraction of sp³-hybridized carbons (Fsp3) is 0.161. The topological polar surface area (TPSA) is 161 Å². The molecule has 0 aliphatic rings. The molecular formula is C31H24N6O5S2. The number of carbonyl (C=O) groups excluding carboxylic acids is 1. The van der Waals surface area contributed by atoms with Crippen LogP contribution >= 0.6 is 11.3 Å². The van der Waals surface area contributed by atoms with Crippen LogP contribution in [0.3, 0.4) is 0 Å². The van der Waals surface area contributed by atoms with E-state index < -0.39 is 15.9 Å². The summed E-state index contributed by atoms with van der Waals surface area (Å²) in [7, 11) is -4.03. The molecule has 13 heteroatoms. The summed E-state index contributed by atoms with van der Waals surface area (Å²) in [5.74, 6) is -0.614. The number of aromatic nitrogens is 1. The zero-order valence-corrected chi connectivity index (χ0v) is 25.0. The van der Waals surface area contributed by atoms with Gasteiger partial charge >= 0.3 is 0 Å². The Morgan fingerprint density at radius 1 is 1.05 bits per heavy atom. The van der Waals surface area contributed by atoms with Crippen LogP contribution in [-0.2, 0) is 10.0 Å². The third-order valence-electron chi connectivity index (χ3n) is 6.61. The van der Waals surface area contributed by atoms with Gasteiger partial charge in [-0.2, -0.15) is 24.9 Å². The molecule has 0 N–H and O–H groups in total. The molecule has 0 bridgehead atoms. The second kappa shape index (κ2) is 13.0. The van der Waals surface area contributed by atoms with Crippen LogP contribution in [0.5, 0.6) is 0 Å². The summed E-state index contributed by atoms with van der Waals surface area (Å²) in [6.45, 7) is 1.81. The van der Waals surface area contributed by atoms with E-state index in [1.165, 1.54) is 48.1 Å². The van der Waals surface area contributed by atoms with E-state index in [9.17, 15) is 18.0 Å². The number of sulfonamides is 1. The van der Waals surface area contributed by atoms with Gasteiger partial charge in [0.15, 0.2) is 0 Å². The van der Waals surface area contributed by atoms with Crippen LogP contribution < -0.4 is 10.4 Å². The van der Waals surface area contributed by atoms with E-state index in [4.69, 9.17) is 14.9 Å². The van der Waals surface area contributed by atoms with Crippen LogP contribution in [0, 0.1) is 29.6 Å². The second-order valence-electron chi connectivity index (χ2n) is 9.59. The molecule has 0 atom stereocenters. The normalized spacial score (nSPS) is 11.6. The number of hydrogen-bond donors (Lipinski definition) is 0.